The molecule has 130 valence electrons. The number of carbonyl (C=O) groups excluding carboxylic acids is 1. The summed E-state index contributed by atoms with van der Waals surface area (Å²) in [5.41, 5.74) is 0.167. The number of para-hydroxylation sites is 1. The second kappa shape index (κ2) is 7.88. The van der Waals surface area contributed by atoms with Crippen molar-refractivity contribution in [1.29, 1.82) is 0 Å². The first-order valence-electron chi connectivity index (χ1n) is 7.60. The zero-order valence-corrected chi connectivity index (χ0v) is 17.8. The molecule has 0 unspecified atom stereocenters. The van der Waals surface area contributed by atoms with Crippen LogP contribution in [-0.2, 0) is 4.74 Å². The molecule has 0 fully saturated rings. The van der Waals surface area contributed by atoms with Gasteiger partial charge in [0.15, 0.2) is 0 Å². The standard InChI is InChI=1S/C17H26Br2N2O2/c1-16(2,3)21(15(22)23-17(4,5)6)11-10-20-14-12(18)8-7-9-13(14)19/h7-9,20H,10-11H2,1-6H3. The molecule has 0 aliphatic rings. The molecule has 0 heterocycles. The molecule has 1 N–H and O–H groups in total. The Hall–Kier alpha value is -0.750. The van der Waals surface area contributed by atoms with Gasteiger partial charge in [0.05, 0.1) is 5.69 Å². The van der Waals surface area contributed by atoms with Crippen LogP contribution in [0.5, 0.6) is 0 Å². The van der Waals surface area contributed by atoms with Crippen LogP contribution in [-0.4, -0.2) is 35.2 Å². The van der Waals surface area contributed by atoms with Crippen LogP contribution in [0.3, 0.4) is 0 Å². The molecular weight excluding hydrogens is 424 g/mol. The molecule has 4 nitrogen and oxygen atoms in total. The van der Waals surface area contributed by atoms with Crippen molar-refractivity contribution in [2.24, 2.45) is 0 Å². The average molecular weight is 450 g/mol. The van der Waals surface area contributed by atoms with E-state index in [1.165, 1.54) is 0 Å². The second-order valence-electron chi connectivity index (χ2n) is 7.33. The predicted molar refractivity (Wildman–Crippen MR) is 103 cm³/mol. The molecule has 6 heteroatoms. The van der Waals surface area contributed by atoms with Crippen molar-refractivity contribution in [2.45, 2.75) is 52.7 Å². The Kier molecular flexibility index (Phi) is 6.95. The fourth-order valence-electron chi connectivity index (χ4n) is 1.98. The minimum absolute atomic E-state index is 0.294. The van der Waals surface area contributed by atoms with Crippen molar-refractivity contribution < 1.29 is 9.53 Å². The van der Waals surface area contributed by atoms with Crippen molar-refractivity contribution in [3.05, 3.63) is 27.1 Å². The van der Waals surface area contributed by atoms with Crippen LogP contribution >= 0.6 is 31.9 Å². The summed E-state index contributed by atoms with van der Waals surface area (Å²) in [5.74, 6) is 0. The summed E-state index contributed by atoms with van der Waals surface area (Å²) in [7, 11) is 0. The van der Waals surface area contributed by atoms with Gasteiger partial charge in [-0.15, -0.1) is 0 Å². The molecule has 1 amide bonds. The summed E-state index contributed by atoms with van der Waals surface area (Å²) in [4.78, 5) is 14.2. The van der Waals surface area contributed by atoms with Gasteiger partial charge < -0.3 is 15.0 Å². The summed E-state index contributed by atoms with van der Waals surface area (Å²) >= 11 is 7.05. The van der Waals surface area contributed by atoms with Crippen molar-refractivity contribution in [2.75, 3.05) is 18.4 Å². The smallest absolute Gasteiger partial charge is 0.410 e. The first kappa shape index (κ1) is 20.3. The van der Waals surface area contributed by atoms with E-state index in [1.54, 1.807) is 4.90 Å². The van der Waals surface area contributed by atoms with Crippen LogP contribution in [0.1, 0.15) is 41.5 Å². The van der Waals surface area contributed by atoms with Gasteiger partial charge in [-0.2, -0.15) is 0 Å². The molecule has 1 aromatic rings. The SMILES string of the molecule is CC(C)(C)OC(=O)N(CCNc1c(Br)cccc1Br)C(C)(C)C. The number of rotatable bonds is 4. The largest absolute Gasteiger partial charge is 0.444 e. The molecule has 0 saturated heterocycles. The minimum atomic E-state index is -0.500. The molecule has 0 aliphatic carbocycles. The number of anilines is 1. The minimum Gasteiger partial charge on any atom is -0.444 e. The third-order valence-electron chi connectivity index (χ3n) is 3.02. The number of nitrogens with one attached hydrogen (secondary N) is 1. The highest BCUT2D eigenvalue weighted by Crippen LogP contribution is 2.30. The van der Waals surface area contributed by atoms with Gasteiger partial charge >= 0.3 is 6.09 Å². The van der Waals surface area contributed by atoms with Gasteiger partial charge in [0.2, 0.25) is 0 Å². The Morgan fingerprint density at radius 3 is 2.09 bits per heavy atom. The molecule has 0 bridgehead atoms. The van der Waals surface area contributed by atoms with Crippen LogP contribution in [0.25, 0.3) is 0 Å². The van der Waals surface area contributed by atoms with Crippen LogP contribution in [0.4, 0.5) is 10.5 Å². The number of benzene rings is 1. The van der Waals surface area contributed by atoms with Crippen LogP contribution < -0.4 is 5.32 Å². The summed E-state index contributed by atoms with van der Waals surface area (Å²) in [6.07, 6.45) is -0.294. The van der Waals surface area contributed by atoms with Crippen LogP contribution in [0, 0.1) is 0 Å². The topological polar surface area (TPSA) is 41.6 Å². The van der Waals surface area contributed by atoms with E-state index in [-0.39, 0.29) is 11.6 Å². The maximum Gasteiger partial charge on any atom is 0.410 e. The van der Waals surface area contributed by atoms with Gasteiger partial charge in [-0.1, -0.05) is 6.07 Å². The fourth-order valence-corrected chi connectivity index (χ4v) is 3.26. The Morgan fingerprint density at radius 1 is 1.13 bits per heavy atom. The molecule has 0 spiro atoms. The fraction of sp³-hybridized carbons (Fsp3) is 0.588. The zero-order chi connectivity index (χ0) is 17.8. The van der Waals surface area contributed by atoms with Crippen molar-refractivity contribution in [1.82, 2.24) is 4.90 Å². The normalized spacial score (nSPS) is 12.0. The van der Waals surface area contributed by atoms with E-state index in [0.717, 1.165) is 14.6 Å². The second-order valence-corrected chi connectivity index (χ2v) is 9.03. The third kappa shape index (κ3) is 6.71. The first-order chi connectivity index (χ1) is 10.4. The van der Waals surface area contributed by atoms with Gasteiger partial charge in [0.25, 0.3) is 0 Å². The third-order valence-corrected chi connectivity index (χ3v) is 4.35. The molecule has 1 aromatic carbocycles. The average Bonchev–Trinajstić information content (AvgIpc) is 2.33. The highest BCUT2D eigenvalue weighted by Gasteiger charge is 2.30. The lowest BCUT2D eigenvalue weighted by molar-refractivity contribution is 0.00749. The first-order valence-corrected chi connectivity index (χ1v) is 9.19. The lowest BCUT2D eigenvalue weighted by Gasteiger charge is -2.37. The maximum absolute atomic E-state index is 12.4. The highest BCUT2D eigenvalue weighted by atomic mass is 79.9. The van der Waals surface area contributed by atoms with E-state index >= 15 is 0 Å². The van der Waals surface area contributed by atoms with Gasteiger partial charge in [0.1, 0.15) is 5.60 Å². The molecular formula is C17H26Br2N2O2. The Labute approximate surface area is 156 Å². The number of nitrogens with zero attached hydrogens (tertiary/aromatic N) is 1. The number of carbonyl (C=O) groups is 1. The Balaban J connectivity index is 2.75. The Morgan fingerprint density at radius 2 is 1.65 bits per heavy atom. The lowest BCUT2D eigenvalue weighted by atomic mass is 10.1. The quantitative estimate of drug-likeness (QED) is 0.644. The molecule has 0 radical (unpaired) electrons. The molecule has 23 heavy (non-hydrogen) atoms. The predicted octanol–water partition coefficient (Wildman–Crippen LogP) is 5.66. The van der Waals surface area contributed by atoms with E-state index in [4.69, 9.17) is 4.74 Å². The summed E-state index contributed by atoms with van der Waals surface area (Å²) in [6, 6.07) is 5.91. The number of hydrogen-bond donors (Lipinski definition) is 1. The lowest BCUT2D eigenvalue weighted by Crippen LogP contribution is -2.49. The van der Waals surface area contributed by atoms with Crippen molar-refractivity contribution in [3.63, 3.8) is 0 Å². The van der Waals surface area contributed by atoms with Gasteiger partial charge in [0, 0.05) is 27.6 Å². The van der Waals surface area contributed by atoms with E-state index in [1.807, 2.05) is 59.7 Å². The number of amides is 1. The number of ether oxygens (including phenoxy) is 1. The number of halogens is 2. The van der Waals surface area contributed by atoms with E-state index < -0.39 is 5.60 Å². The molecule has 0 aliphatic heterocycles. The molecule has 1 rings (SSSR count). The van der Waals surface area contributed by atoms with Gasteiger partial charge in [-0.25, -0.2) is 4.79 Å². The van der Waals surface area contributed by atoms with Gasteiger partial charge in [-0.3, -0.25) is 0 Å². The van der Waals surface area contributed by atoms with Crippen molar-refractivity contribution in [3.8, 4) is 0 Å². The highest BCUT2D eigenvalue weighted by molar-refractivity contribution is 9.11. The summed E-state index contributed by atoms with van der Waals surface area (Å²) in [5, 5.41) is 3.36. The van der Waals surface area contributed by atoms with E-state index in [9.17, 15) is 4.79 Å². The summed E-state index contributed by atoms with van der Waals surface area (Å²) in [6.45, 7) is 12.8. The monoisotopic (exact) mass is 448 g/mol. The van der Waals surface area contributed by atoms with Crippen LogP contribution in [0.15, 0.2) is 27.1 Å². The van der Waals surface area contributed by atoms with E-state index in [0.29, 0.717) is 13.1 Å². The zero-order valence-electron chi connectivity index (χ0n) is 14.7. The molecule has 0 aromatic heterocycles. The van der Waals surface area contributed by atoms with Crippen LogP contribution in [0.2, 0.25) is 0 Å². The molecule has 0 saturated carbocycles. The molecule has 0 atom stereocenters. The summed E-state index contributed by atoms with van der Waals surface area (Å²) < 4.78 is 7.47. The maximum atomic E-state index is 12.4. The van der Waals surface area contributed by atoms with Gasteiger partial charge in [-0.05, 0) is 85.5 Å². The Bertz CT molecular complexity index is 528. The number of hydrogen-bond acceptors (Lipinski definition) is 3. The van der Waals surface area contributed by atoms with Crippen molar-refractivity contribution >= 4 is 43.6 Å². The van der Waals surface area contributed by atoms with E-state index in [2.05, 4.69) is 37.2 Å².